The molecule has 1 atom stereocenters. The van der Waals surface area contributed by atoms with Crippen LogP contribution >= 0.6 is 0 Å². The average molecular weight is 351 g/mol. The van der Waals surface area contributed by atoms with Crippen molar-refractivity contribution in [3.05, 3.63) is 29.1 Å². The van der Waals surface area contributed by atoms with Crippen LogP contribution in [-0.2, 0) is 4.43 Å². The number of nitrogens with one attached hydrogen (secondary N) is 1. The van der Waals surface area contributed by atoms with Gasteiger partial charge in [0.15, 0.2) is 8.32 Å². The second-order valence-electron chi connectivity index (χ2n) is 8.23. The molecule has 1 rings (SSSR count). The Bertz CT molecular complexity index is 478. The van der Waals surface area contributed by atoms with E-state index in [9.17, 15) is 0 Å². The summed E-state index contributed by atoms with van der Waals surface area (Å²) in [5, 5.41) is 3.65. The van der Waals surface area contributed by atoms with Gasteiger partial charge in [-0.15, -0.1) is 0 Å². The van der Waals surface area contributed by atoms with E-state index in [1.54, 1.807) is 0 Å². The number of hydrogen-bond acceptors (Lipinski definition) is 3. The summed E-state index contributed by atoms with van der Waals surface area (Å²) in [6.45, 7) is 19.9. The predicted octanol–water partition coefficient (Wildman–Crippen LogP) is 5.40. The maximum absolute atomic E-state index is 6.90. The van der Waals surface area contributed by atoms with Crippen molar-refractivity contribution in [3.63, 3.8) is 0 Å². The fraction of sp³-hybridized carbons (Fsp3) is 0.750. The molecule has 0 radical (unpaired) electrons. The van der Waals surface area contributed by atoms with Crippen molar-refractivity contribution in [2.75, 3.05) is 13.1 Å². The molecule has 1 heterocycles. The molecule has 0 saturated carbocycles. The molecular formula is C20H38N2OSi. The highest BCUT2D eigenvalue weighted by molar-refractivity contribution is 6.73. The first-order valence-electron chi connectivity index (χ1n) is 9.47. The van der Waals surface area contributed by atoms with E-state index in [0.29, 0.717) is 0 Å². The number of aryl methyl sites for hydroxylation is 2. The van der Waals surface area contributed by atoms with Gasteiger partial charge in [-0.2, -0.15) is 0 Å². The first-order valence-corrected chi connectivity index (χ1v) is 12.0. The lowest BCUT2D eigenvalue weighted by atomic mass is 9.96. The topological polar surface area (TPSA) is 34.1 Å². The van der Waals surface area contributed by atoms with Crippen molar-refractivity contribution in [3.8, 4) is 0 Å². The lowest BCUT2D eigenvalue weighted by Gasteiger charge is -2.35. The normalized spacial score (nSPS) is 14.0. The van der Waals surface area contributed by atoms with E-state index in [4.69, 9.17) is 4.43 Å². The van der Waals surface area contributed by atoms with Crippen LogP contribution in [0.5, 0.6) is 0 Å². The summed E-state index contributed by atoms with van der Waals surface area (Å²) in [4.78, 5) is 4.34. The lowest BCUT2D eigenvalue weighted by Crippen LogP contribution is -2.41. The summed E-state index contributed by atoms with van der Waals surface area (Å²) < 4.78 is 6.90. The van der Waals surface area contributed by atoms with E-state index in [-0.39, 0.29) is 11.5 Å². The predicted molar refractivity (Wildman–Crippen MR) is 107 cm³/mol. The molecule has 3 nitrogen and oxygen atoms in total. The molecule has 1 aromatic heterocycles. The number of pyridine rings is 1. The zero-order valence-corrected chi connectivity index (χ0v) is 18.1. The van der Waals surface area contributed by atoms with Crippen LogP contribution in [0, 0.1) is 19.3 Å². The smallest absolute Gasteiger partial charge is 0.192 e. The zero-order chi connectivity index (χ0) is 18.4. The third kappa shape index (κ3) is 5.98. The van der Waals surface area contributed by atoms with Crippen molar-refractivity contribution in [2.24, 2.45) is 5.41 Å². The fourth-order valence-corrected chi connectivity index (χ4v) is 6.11. The molecule has 0 bridgehead atoms. The van der Waals surface area contributed by atoms with Gasteiger partial charge in [0.05, 0.1) is 6.10 Å². The fourth-order valence-electron chi connectivity index (χ4n) is 3.30. The summed E-state index contributed by atoms with van der Waals surface area (Å²) >= 11 is 0. The molecule has 0 aromatic carbocycles. The number of nitrogens with zero attached hydrogens (tertiary/aromatic N) is 1. The molecule has 0 aliphatic heterocycles. The summed E-state index contributed by atoms with van der Waals surface area (Å²) in [5.41, 5.74) is 4.09. The second kappa shape index (κ2) is 9.11. The minimum Gasteiger partial charge on any atom is -0.409 e. The minimum absolute atomic E-state index is 0.127. The highest BCUT2D eigenvalue weighted by Gasteiger charge is 2.33. The van der Waals surface area contributed by atoms with Crippen LogP contribution in [0.3, 0.4) is 0 Å². The Morgan fingerprint density at radius 2 is 1.54 bits per heavy atom. The van der Waals surface area contributed by atoms with Gasteiger partial charge in [-0.1, -0.05) is 41.5 Å². The van der Waals surface area contributed by atoms with Gasteiger partial charge in [0, 0.05) is 25.5 Å². The quantitative estimate of drug-likeness (QED) is 0.606. The van der Waals surface area contributed by atoms with Crippen molar-refractivity contribution in [1.82, 2.24) is 10.3 Å². The van der Waals surface area contributed by atoms with E-state index in [1.165, 1.54) is 34.8 Å². The van der Waals surface area contributed by atoms with Gasteiger partial charge in [-0.3, -0.25) is 4.98 Å². The molecule has 1 unspecified atom stereocenters. The monoisotopic (exact) mass is 350 g/mol. The van der Waals surface area contributed by atoms with Crippen molar-refractivity contribution < 1.29 is 4.43 Å². The Balaban J connectivity index is 3.07. The van der Waals surface area contributed by atoms with Crippen LogP contribution < -0.4 is 5.32 Å². The average Bonchev–Trinajstić information content (AvgIpc) is 2.51. The highest BCUT2D eigenvalue weighted by Crippen LogP contribution is 2.32. The molecule has 1 aromatic rings. The summed E-state index contributed by atoms with van der Waals surface area (Å²) in [6.07, 6.45) is 4.06. The van der Waals surface area contributed by atoms with E-state index < -0.39 is 8.32 Å². The molecule has 1 N–H and O–H groups in total. The standard InChI is InChI=1S/C20H38N2OSi/c1-9-24(10-2,11-3)23-18(14-22-15-20(6,7)8)19-16(4)12-21-13-17(19)5/h12-13,18,22H,9-11,14-15H2,1-8H3. The van der Waals surface area contributed by atoms with Gasteiger partial charge in [0.1, 0.15) is 0 Å². The second-order valence-corrected chi connectivity index (χ2v) is 13.0. The van der Waals surface area contributed by atoms with Gasteiger partial charge >= 0.3 is 0 Å². The van der Waals surface area contributed by atoms with Crippen molar-refractivity contribution in [2.45, 2.75) is 79.6 Å². The van der Waals surface area contributed by atoms with Gasteiger partial charge in [0.25, 0.3) is 0 Å². The Hall–Kier alpha value is -0.713. The SMILES string of the molecule is CC[Si](CC)(CC)OC(CNCC(C)(C)C)c1c(C)cncc1C. The Kier molecular flexibility index (Phi) is 8.10. The van der Waals surface area contributed by atoms with Crippen LogP contribution in [0.1, 0.15) is 64.3 Å². The van der Waals surface area contributed by atoms with Gasteiger partial charge in [-0.25, -0.2) is 0 Å². The van der Waals surface area contributed by atoms with E-state index >= 15 is 0 Å². The molecule has 4 heteroatoms. The van der Waals surface area contributed by atoms with Gasteiger partial charge in [-0.05, 0) is 54.1 Å². The Morgan fingerprint density at radius 3 is 1.96 bits per heavy atom. The zero-order valence-electron chi connectivity index (χ0n) is 17.1. The first-order chi connectivity index (χ1) is 11.2. The Labute approximate surface area is 150 Å². The molecular weight excluding hydrogens is 312 g/mol. The third-order valence-electron chi connectivity index (χ3n) is 5.02. The van der Waals surface area contributed by atoms with Crippen molar-refractivity contribution >= 4 is 8.32 Å². The van der Waals surface area contributed by atoms with E-state index in [2.05, 4.69) is 65.7 Å². The van der Waals surface area contributed by atoms with Crippen LogP contribution in [0.25, 0.3) is 0 Å². The van der Waals surface area contributed by atoms with Crippen LogP contribution in [0.4, 0.5) is 0 Å². The first kappa shape index (κ1) is 21.3. The van der Waals surface area contributed by atoms with E-state index in [1.807, 2.05) is 12.4 Å². The van der Waals surface area contributed by atoms with Crippen LogP contribution in [0.15, 0.2) is 12.4 Å². The van der Waals surface area contributed by atoms with Gasteiger partial charge in [0.2, 0.25) is 0 Å². The molecule has 0 amide bonds. The van der Waals surface area contributed by atoms with Gasteiger partial charge < -0.3 is 9.74 Å². The molecule has 0 saturated heterocycles. The third-order valence-corrected chi connectivity index (χ3v) is 9.67. The molecule has 24 heavy (non-hydrogen) atoms. The largest absolute Gasteiger partial charge is 0.409 e. The Morgan fingerprint density at radius 1 is 1.04 bits per heavy atom. The van der Waals surface area contributed by atoms with Crippen LogP contribution in [0.2, 0.25) is 18.1 Å². The molecule has 0 aliphatic rings. The molecule has 0 spiro atoms. The molecule has 0 aliphatic carbocycles. The minimum atomic E-state index is -1.67. The summed E-state index contributed by atoms with van der Waals surface area (Å²) in [7, 11) is -1.67. The lowest BCUT2D eigenvalue weighted by molar-refractivity contribution is 0.179. The highest BCUT2D eigenvalue weighted by atomic mass is 28.4. The number of hydrogen-bond donors (Lipinski definition) is 1. The molecule has 0 fully saturated rings. The maximum Gasteiger partial charge on any atom is 0.192 e. The van der Waals surface area contributed by atoms with Crippen molar-refractivity contribution in [1.29, 1.82) is 0 Å². The number of rotatable bonds is 9. The summed E-state index contributed by atoms with van der Waals surface area (Å²) in [5.74, 6) is 0. The van der Waals surface area contributed by atoms with Crippen LogP contribution in [-0.4, -0.2) is 26.4 Å². The molecule has 138 valence electrons. The van der Waals surface area contributed by atoms with E-state index in [0.717, 1.165) is 13.1 Å². The maximum atomic E-state index is 6.90. The summed E-state index contributed by atoms with van der Waals surface area (Å²) in [6, 6.07) is 3.54. The number of aromatic nitrogens is 1.